The number of hydrogen-bond acceptors (Lipinski definition) is 4. The van der Waals surface area contributed by atoms with Gasteiger partial charge in [-0.15, -0.1) is 0 Å². The summed E-state index contributed by atoms with van der Waals surface area (Å²) < 4.78 is 30.0. The summed E-state index contributed by atoms with van der Waals surface area (Å²) in [7, 11) is 0. The fourth-order valence-corrected chi connectivity index (χ4v) is 3.14. The Balaban J connectivity index is 1.74. The molecule has 0 saturated carbocycles. The third kappa shape index (κ3) is 3.82. The number of hydrogen-bond donors (Lipinski definition) is 1. The minimum atomic E-state index is -2.50. The fourth-order valence-electron chi connectivity index (χ4n) is 2.64. The zero-order chi connectivity index (χ0) is 18.0. The first-order chi connectivity index (χ1) is 11.9. The van der Waals surface area contributed by atoms with E-state index in [1.807, 2.05) is 0 Å². The molecule has 0 fully saturated rings. The van der Waals surface area contributed by atoms with Gasteiger partial charge in [-0.3, -0.25) is 4.79 Å². The van der Waals surface area contributed by atoms with Crippen molar-refractivity contribution in [2.75, 3.05) is 5.32 Å². The van der Waals surface area contributed by atoms with Gasteiger partial charge in [-0.05, 0) is 42.8 Å². The van der Waals surface area contributed by atoms with Crippen molar-refractivity contribution in [2.45, 2.75) is 29.6 Å². The molecule has 0 spiro atoms. The number of rotatable bonds is 4. The van der Waals surface area contributed by atoms with Crippen molar-refractivity contribution in [3.8, 4) is 0 Å². The molecule has 7 heteroatoms. The second-order valence-corrected chi connectivity index (χ2v) is 6.87. The number of halogens is 2. The SMILES string of the molecule is C[C@]1(C(=O)Nc2ccc(SC(F)F)cc2)Cc2ccccc2C(=O)O1. The molecular weight excluding hydrogens is 348 g/mol. The number of amides is 1. The Morgan fingerprint density at radius 2 is 1.88 bits per heavy atom. The van der Waals surface area contributed by atoms with Crippen LogP contribution in [-0.2, 0) is 16.0 Å². The molecular formula is C18H15F2NO3S. The van der Waals surface area contributed by atoms with E-state index in [9.17, 15) is 18.4 Å². The van der Waals surface area contributed by atoms with Gasteiger partial charge in [-0.1, -0.05) is 30.0 Å². The average molecular weight is 363 g/mol. The molecule has 0 radical (unpaired) electrons. The second-order valence-electron chi connectivity index (χ2n) is 5.81. The van der Waals surface area contributed by atoms with Gasteiger partial charge in [0.05, 0.1) is 5.56 Å². The number of fused-ring (bicyclic) bond motifs is 1. The summed E-state index contributed by atoms with van der Waals surface area (Å²) in [5, 5.41) is 2.67. The van der Waals surface area contributed by atoms with Gasteiger partial charge in [0, 0.05) is 17.0 Å². The van der Waals surface area contributed by atoms with E-state index in [-0.39, 0.29) is 6.42 Å². The number of alkyl halides is 2. The smallest absolute Gasteiger partial charge is 0.339 e. The van der Waals surface area contributed by atoms with E-state index in [2.05, 4.69) is 5.32 Å². The molecule has 130 valence electrons. The monoisotopic (exact) mass is 363 g/mol. The normalized spacial score (nSPS) is 19.3. The van der Waals surface area contributed by atoms with Crippen molar-refractivity contribution in [1.82, 2.24) is 0 Å². The summed E-state index contributed by atoms with van der Waals surface area (Å²) in [6.07, 6.45) is 0.264. The molecule has 0 bridgehead atoms. The lowest BCUT2D eigenvalue weighted by molar-refractivity contribution is -0.134. The maximum absolute atomic E-state index is 12.6. The molecule has 3 rings (SSSR count). The van der Waals surface area contributed by atoms with Crippen LogP contribution in [-0.4, -0.2) is 23.2 Å². The van der Waals surface area contributed by atoms with Gasteiger partial charge in [0.1, 0.15) is 0 Å². The van der Waals surface area contributed by atoms with Crippen molar-refractivity contribution >= 4 is 29.3 Å². The highest BCUT2D eigenvalue weighted by atomic mass is 32.2. The Morgan fingerprint density at radius 1 is 1.20 bits per heavy atom. The Labute approximate surface area is 147 Å². The predicted octanol–water partition coefficient (Wildman–Crippen LogP) is 4.11. The topological polar surface area (TPSA) is 55.4 Å². The molecule has 1 atom stereocenters. The van der Waals surface area contributed by atoms with Crippen molar-refractivity contribution in [3.05, 3.63) is 59.7 Å². The Bertz CT molecular complexity index is 810. The molecule has 0 saturated heterocycles. The van der Waals surface area contributed by atoms with E-state index in [0.717, 1.165) is 5.56 Å². The van der Waals surface area contributed by atoms with Crippen LogP contribution in [0.25, 0.3) is 0 Å². The van der Waals surface area contributed by atoms with Crippen LogP contribution in [0, 0.1) is 0 Å². The lowest BCUT2D eigenvalue weighted by atomic mass is 9.89. The number of carbonyl (C=O) groups excluding carboxylic acids is 2. The lowest BCUT2D eigenvalue weighted by Gasteiger charge is -2.33. The van der Waals surface area contributed by atoms with E-state index in [4.69, 9.17) is 4.74 Å². The highest BCUT2D eigenvalue weighted by Crippen LogP contribution is 2.30. The molecule has 2 aromatic carbocycles. The highest BCUT2D eigenvalue weighted by Gasteiger charge is 2.42. The molecule has 1 aliphatic heterocycles. The minimum Gasteiger partial charge on any atom is -0.445 e. The van der Waals surface area contributed by atoms with E-state index in [1.54, 1.807) is 31.2 Å². The van der Waals surface area contributed by atoms with E-state index >= 15 is 0 Å². The summed E-state index contributed by atoms with van der Waals surface area (Å²) in [6.45, 7) is 1.55. The molecule has 0 aromatic heterocycles. The lowest BCUT2D eigenvalue weighted by Crippen LogP contribution is -2.48. The first-order valence-corrected chi connectivity index (χ1v) is 8.43. The number of thioether (sulfide) groups is 1. The maximum Gasteiger partial charge on any atom is 0.339 e. The molecule has 1 amide bonds. The summed E-state index contributed by atoms with van der Waals surface area (Å²) in [6, 6.07) is 13.0. The maximum atomic E-state index is 12.6. The second kappa shape index (κ2) is 6.84. The highest BCUT2D eigenvalue weighted by molar-refractivity contribution is 7.99. The van der Waals surface area contributed by atoms with Gasteiger partial charge >= 0.3 is 5.97 Å². The van der Waals surface area contributed by atoms with E-state index < -0.39 is 23.2 Å². The molecule has 2 aromatic rings. The Morgan fingerprint density at radius 3 is 2.56 bits per heavy atom. The van der Waals surface area contributed by atoms with Crippen LogP contribution in [0.2, 0.25) is 0 Å². The number of carbonyl (C=O) groups is 2. The first kappa shape index (κ1) is 17.4. The third-order valence-corrected chi connectivity index (χ3v) is 4.62. The van der Waals surface area contributed by atoms with Crippen molar-refractivity contribution in [2.24, 2.45) is 0 Å². The van der Waals surface area contributed by atoms with Crippen LogP contribution in [0.1, 0.15) is 22.8 Å². The van der Waals surface area contributed by atoms with Crippen molar-refractivity contribution < 1.29 is 23.1 Å². The summed E-state index contributed by atoms with van der Waals surface area (Å²) in [5.74, 6) is -3.51. The first-order valence-electron chi connectivity index (χ1n) is 7.55. The van der Waals surface area contributed by atoms with Gasteiger partial charge in [0.25, 0.3) is 11.7 Å². The zero-order valence-corrected chi connectivity index (χ0v) is 14.1. The number of anilines is 1. The van der Waals surface area contributed by atoms with E-state index in [1.165, 1.54) is 24.3 Å². The van der Waals surface area contributed by atoms with Gasteiger partial charge in [0.15, 0.2) is 5.60 Å². The molecule has 0 unspecified atom stereocenters. The van der Waals surface area contributed by atoms with Crippen LogP contribution in [0.5, 0.6) is 0 Å². The van der Waals surface area contributed by atoms with Crippen LogP contribution in [0.3, 0.4) is 0 Å². The Kier molecular flexibility index (Phi) is 4.76. The number of esters is 1. The molecule has 1 heterocycles. The van der Waals surface area contributed by atoms with Crippen LogP contribution < -0.4 is 5.32 Å². The molecule has 0 aliphatic carbocycles. The number of benzene rings is 2. The fraction of sp³-hybridized carbons (Fsp3) is 0.222. The zero-order valence-electron chi connectivity index (χ0n) is 13.3. The minimum absolute atomic E-state index is 0.264. The average Bonchev–Trinajstić information content (AvgIpc) is 2.56. The summed E-state index contributed by atoms with van der Waals surface area (Å²) in [5.41, 5.74) is 0.322. The molecule has 1 aliphatic rings. The van der Waals surface area contributed by atoms with E-state index in [0.29, 0.717) is 27.9 Å². The molecule has 1 N–H and O–H groups in total. The van der Waals surface area contributed by atoms with Crippen molar-refractivity contribution in [3.63, 3.8) is 0 Å². The quantitative estimate of drug-likeness (QED) is 0.656. The Hall–Kier alpha value is -2.41. The number of ether oxygens (including phenoxy) is 1. The number of nitrogens with one attached hydrogen (secondary N) is 1. The van der Waals surface area contributed by atoms with Gasteiger partial charge in [-0.25, -0.2) is 4.79 Å². The predicted molar refractivity (Wildman–Crippen MR) is 90.9 cm³/mol. The summed E-state index contributed by atoms with van der Waals surface area (Å²) in [4.78, 5) is 25.1. The van der Waals surface area contributed by atoms with Crippen LogP contribution in [0.15, 0.2) is 53.4 Å². The molecule has 25 heavy (non-hydrogen) atoms. The van der Waals surface area contributed by atoms with Gasteiger partial charge in [0.2, 0.25) is 0 Å². The number of cyclic esters (lactones) is 1. The molecule has 4 nitrogen and oxygen atoms in total. The third-order valence-electron chi connectivity index (χ3n) is 3.90. The van der Waals surface area contributed by atoms with Crippen LogP contribution >= 0.6 is 11.8 Å². The van der Waals surface area contributed by atoms with Crippen LogP contribution in [0.4, 0.5) is 14.5 Å². The van der Waals surface area contributed by atoms with Crippen molar-refractivity contribution in [1.29, 1.82) is 0 Å². The largest absolute Gasteiger partial charge is 0.445 e. The summed E-state index contributed by atoms with van der Waals surface area (Å²) >= 11 is 0.431. The van der Waals surface area contributed by atoms with Gasteiger partial charge < -0.3 is 10.1 Å². The standard InChI is InChI=1S/C18H15F2NO3S/c1-18(10-11-4-2-3-5-14(11)15(22)24-18)16(23)21-12-6-8-13(9-7-12)25-17(19)20/h2-9,17H,10H2,1H3,(H,21,23)/t18-/m1/s1. The van der Waals surface area contributed by atoms with Gasteiger partial charge in [-0.2, -0.15) is 8.78 Å².